The lowest BCUT2D eigenvalue weighted by molar-refractivity contribution is 0.0601. The van der Waals surface area contributed by atoms with Crippen molar-refractivity contribution in [1.82, 2.24) is 0 Å². The SMILES string of the molecule is COC(=O)c1ccc2c3c(ccc2c1)N(c1ccccc1C)c1ccccc1C3(C)C. The summed E-state index contributed by atoms with van der Waals surface area (Å²) in [7, 11) is 1.42. The molecule has 0 unspecified atom stereocenters. The zero-order chi connectivity index (χ0) is 21.8. The first-order valence-electron chi connectivity index (χ1n) is 10.5. The van der Waals surface area contributed by atoms with Gasteiger partial charge in [0.05, 0.1) is 24.0 Å². The maximum atomic E-state index is 12.1. The van der Waals surface area contributed by atoms with E-state index in [0.29, 0.717) is 5.56 Å². The number of nitrogens with zero attached hydrogens (tertiary/aromatic N) is 1. The van der Waals surface area contributed by atoms with Crippen molar-refractivity contribution in [2.75, 3.05) is 12.0 Å². The lowest BCUT2D eigenvalue weighted by Gasteiger charge is -2.43. The average molecular weight is 408 g/mol. The molecule has 0 aliphatic carbocycles. The molecular formula is C28H25NO2. The van der Waals surface area contributed by atoms with Gasteiger partial charge in [0, 0.05) is 11.1 Å². The van der Waals surface area contributed by atoms with E-state index in [1.807, 2.05) is 12.1 Å². The predicted octanol–water partition coefficient (Wildman–Crippen LogP) is 7.04. The van der Waals surface area contributed by atoms with Crippen molar-refractivity contribution < 1.29 is 9.53 Å². The highest BCUT2D eigenvalue weighted by atomic mass is 16.5. The van der Waals surface area contributed by atoms with Gasteiger partial charge in [-0.3, -0.25) is 0 Å². The van der Waals surface area contributed by atoms with E-state index in [9.17, 15) is 4.79 Å². The molecule has 3 heteroatoms. The van der Waals surface area contributed by atoms with Crippen LogP contribution in [0.15, 0.2) is 78.9 Å². The molecule has 0 radical (unpaired) electrons. The lowest BCUT2D eigenvalue weighted by Crippen LogP contribution is -2.31. The Kier molecular flexibility index (Phi) is 4.37. The van der Waals surface area contributed by atoms with Crippen LogP contribution in [0.3, 0.4) is 0 Å². The van der Waals surface area contributed by atoms with Crippen LogP contribution < -0.4 is 4.90 Å². The van der Waals surface area contributed by atoms with Gasteiger partial charge >= 0.3 is 5.97 Å². The number of rotatable bonds is 2. The number of para-hydroxylation sites is 2. The third-order valence-electron chi connectivity index (χ3n) is 6.46. The highest BCUT2D eigenvalue weighted by molar-refractivity contribution is 6.01. The molecule has 3 nitrogen and oxygen atoms in total. The van der Waals surface area contributed by atoms with Gasteiger partial charge < -0.3 is 9.64 Å². The Balaban J connectivity index is 1.85. The molecule has 0 N–H and O–H groups in total. The summed E-state index contributed by atoms with van der Waals surface area (Å²) in [6.45, 7) is 6.72. The molecule has 0 fully saturated rings. The standard InChI is InChI=1S/C28H25NO2/c1-18-9-5-7-11-23(18)29-24-12-8-6-10-22(24)28(2,3)26-21-15-13-20(27(30)31-4)17-19(21)14-16-25(26)29/h5-17H,1-4H3. The maximum Gasteiger partial charge on any atom is 0.337 e. The van der Waals surface area contributed by atoms with Crippen molar-refractivity contribution in [2.24, 2.45) is 0 Å². The quantitative estimate of drug-likeness (QED) is 0.334. The predicted molar refractivity (Wildman–Crippen MR) is 127 cm³/mol. The fraction of sp³-hybridized carbons (Fsp3) is 0.179. The molecule has 31 heavy (non-hydrogen) atoms. The Hall–Kier alpha value is -3.59. The van der Waals surface area contributed by atoms with Crippen LogP contribution in [0, 0.1) is 6.92 Å². The third kappa shape index (κ3) is 2.84. The van der Waals surface area contributed by atoms with Crippen LogP contribution >= 0.6 is 0 Å². The second-order valence-electron chi connectivity index (χ2n) is 8.65. The molecule has 0 saturated carbocycles. The summed E-state index contributed by atoms with van der Waals surface area (Å²) >= 11 is 0. The van der Waals surface area contributed by atoms with Crippen molar-refractivity contribution in [3.05, 3.63) is 101 Å². The van der Waals surface area contributed by atoms with E-state index >= 15 is 0 Å². The monoisotopic (exact) mass is 407 g/mol. The van der Waals surface area contributed by atoms with E-state index in [-0.39, 0.29) is 11.4 Å². The Morgan fingerprint density at radius 1 is 0.839 bits per heavy atom. The number of anilines is 3. The van der Waals surface area contributed by atoms with E-state index in [4.69, 9.17) is 4.74 Å². The molecule has 1 aliphatic rings. The Bertz CT molecular complexity index is 1340. The van der Waals surface area contributed by atoms with E-state index in [2.05, 4.69) is 92.4 Å². The molecule has 0 saturated heterocycles. The van der Waals surface area contributed by atoms with Gasteiger partial charge in [0.15, 0.2) is 0 Å². The van der Waals surface area contributed by atoms with Crippen LogP contribution in [0.4, 0.5) is 17.1 Å². The van der Waals surface area contributed by atoms with Crippen molar-refractivity contribution >= 4 is 33.8 Å². The molecule has 0 bridgehead atoms. The number of carbonyl (C=O) groups is 1. The molecule has 5 rings (SSSR count). The number of methoxy groups -OCH3 is 1. The van der Waals surface area contributed by atoms with Gasteiger partial charge in [-0.1, -0.05) is 62.4 Å². The summed E-state index contributed by atoms with van der Waals surface area (Å²) in [6.07, 6.45) is 0. The maximum absolute atomic E-state index is 12.1. The highest BCUT2D eigenvalue weighted by Gasteiger charge is 2.38. The number of esters is 1. The van der Waals surface area contributed by atoms with E-state index in [1.54, 1.807) is 0 Å². The third-order valence-corrected chi connectivity index (χ3v) is 6.46. The second-order valence-corrected chi connectivity index (χ2v) is 8.65. The van der Waals surface area contributed by atoms with E-state index in [1.165, 1.54) is 40.9 Å². The first-order chi connectivity index (χ1) is 14.9. The van der Waals surface area contributed by atoms with Crippen LogP contribution in [0.1, 0.15) is 40.9 Å². The van der Waals surface area contributed by atoms with Gasteiger partial charge in [0.1, 0.15) is 0 Å². The molecule has 0 spiro atoms. The first kappa shape index (κ1) is 19.4. The molecule has 0 amide bonds. The van der Waals surface area contributed by atoms with Crippen molar-refractivity contribution in [3.63, 3.8) is 0 Å². The fourth-order valence-electron chi connectivity index (χ4n) is 4.94. The molecule has 154 valence electrons. The van der Waals surface area contributed by atoms with Crippen LogP contribution in [0.25, 0.3) is 10.8 Å². The number of aryl methyl sites for hydroxylation is 1. The number of fused-ring (bicyclic) bond motifs is 4. The summed E-state index contributed by atoms with van der Waals surface area (Å²) in [5.41, 5.74) is 7.72. The summed E-state index contributed by atoms with van der Waals surface area (Å²) in [4.78, 5) is 14.5. The lowest BCUT2D eigenvalue weighted by atomic mass is 9.71. The minimum Gasteiger partial charge on any atom is -0.465 e. The van der Waals surface area contributed by atoms with Gasteiger partial charge in [0.2, 0.25) is 0 Å². The Labute approximate surface area is 182 Å². The normalized spacial score (nSPS) is 14.1. The van der Waals surface area contributed by atoms with Crippen LogP contribution in [0.5, 0.6) is 0 Å². The highest BCUT2D eigenvalue weighted by Crippen LogP contribution is 2.54. The molecule has 1 aliphatic heterocycles. The summed E-state index contributed by atoms with van der Waals surface area (Å²) < 4.78 is 4.93. The largest absolute Gasteiger partial charge is 0.465 e. The van der Waals surface area contributed by atoms with Crippen LogP contribution in [-0.2, 0) is 10.2 Å². The number of carbonyl (C=O) groups excluding carboxylic acids is 1. The summed E-state index contributed by atoms with van der Waals surface area (Å²) in [5, 5.41) is 2.20. The van der Waals surface area contributed by atoms with Crippen molar-refractivity contribution in [3.8, 4) is 0 Å². The van der Waals surface area contributed by atoms with Crippen LogP contribution in [-0.4, -0.2) is 13.1 Å². The second kappa shape index (κ2) is 6.98. The minimum atomic E-state index is -0.314. The summed E-state index contributed by atoms with van der Waals surface area (Å²) in [5.74, 6) is -0.314. The van der Waals surface area contributed by atoms with Crippen molar-refractivity contribution in [2.45, 2.75) is 26.2 Å². The molecule has 4 aromatic rings. The first-order valence-corrected chi connectivity index (χ1v) is 10.5. The number of hydrogen-bond donors (Lipinski definition) is 0. The zero-order valence-corrected chi connectivity index (χ0v) is 18.3. The summed E-state index contributed by atoms with van der Waals surface area (Å²) in [6, 6.07) is 27.3. The molecular weight excluding hydrogens is 382 g/mol. The number of hydrogen-bond acceptors (Lipinski definition) is 3. The van der Waals surface area contributed by atoms with Gasteiger partial charge in [-0.15, -0.1) is 0 Å². The van der Waals surface area contributed by atoms with Gasteiger partial charge in [0.25, 0.3) is 0 Å². The average Bonchev–Trinajstić information content (AvgIpc) is 2.79. The van der Waals surface area contributed by atoms with Crippen LogP contribution in [0.2, 0.25) is 0 Å². The molecule has 0 atom stereocenters. The molecule has 4 aromatic carbocycles. The number of ether oxygens (including phenoxy) is 1. The molecule has 0 aromatic heterocycles. The Morgan fingerprint density at radius 3 is 2.29 bits per heavy atom. The van der Waals surface area contributed by atoms with Gasteiger partial charge in [-0.2, -0.15) is 0 Å². The van der Waals surface area contributed by atoms with E-state index in [0.717, 1.165) is 10.8 Å². The van der Waals surface area contributed by atoms with Crippen molar-refractivity contribution in [1.29, 1.82) is 0 Å². The van der Waals surface area contributed by atoms with Gasteiger partial charge in [-0.25, -0.2) is 4.79 Å². The topological polar surface area (TPSA) is 29.5 Å². The number of benzene rings is 4. The fourth-order valence-corrected chi connectivity index (χ4v) is 4.94. The van der Waals surface area contributed by atoms with E-state index < -0.39 is 0 Å². The minimum absolute atomic E-state index is 0.197. The molecule has 1 heterocycles. The smallest absolute Gasteiger partial charge is 0.337 e. The zero-order valence-electron chi connectivity index (χ0n) is 18.3. The van der Waals surface area contributed by atoms with Gasteiger partial charge in [-0.05, 0) is 64.7 Å². The Morgan fingerprint density at radius 2 is 1.55 bits per heavy atom.